The molecule has 0 unspecified atom stereocenters. The monoisotopic (exact) mass is 295 g/mol. The number of fused-ring (bicyclic) bond motifs is 2. The second-order valence-corrected chi connectivity index (χ2v) is 6.21. The lowest BCUT2D eigenvalue weighted by atomic mass is 9.91. The highest BCUT2D eigenvalue weighted by Gasteiger charge is 2.49. The van der Waals surface area contributed by atoms with E-state index in [4.69, 9.17) is 9.47 Å². The predicted octanol–water partition coefficient (Wildman–Crippen LogP) is 3.46. The van der Waals surface area contributed by atoms with Gasteiger partial charge in [-0.05, 0) is 17.5 Å². The van der Waals surface area contributed by atoms with Gasteiger partial charge in [-0.25, -0.2) is 0 Å². The maximum Gasteiger partial charge on any atom is 0.184 e. The highest BCUT2D eigenvalue weighted by molar-refractivity contribution is 5.38. The third kappa shape index (κ3) is 2.26. The van der Waals surface area contributed by atoms with E-state index in [0.29, 0.717) is 0 Å². The van der Waals surface area contributed by atoms with Gasteiger partial charge in [0.15, 0.2) is 6.29 Å². The number of hydrogen-bond donors (Lipinski definition) is 0. The van der Waals surface area contributed by atoms with Gasteiger partial charge in [-0.15, -0.1) is 0 Å². The van der Waals surface area contributed by atoms with Gasteiger partial charge in [-0.1, -0.05) is 54.6 Å². The molecule has 1 saturated heterocycles. The number of likely N-dealkylation sites (tertiary alicyclic amines) is 1. The minimum Gasteiger partial charge on any atom is -0.352 e. The van der Waals surface area contributed by atoms with E-state index >= 15 is 0 Å². The van der Waals surface area contributed by atoms with Crippen molar-refractivity contribution in [3.8, 4) is 0 Å². The van der Waals surface area contributed by atoms with Crippen LogP contribution in [-0.4, -0.2) is 25.1 Å². The van der Waals surface area contributed by atoms with Gasteiger partial charge < -0.3 is 9.47 Å². The first-order valence-corrected chi connectivity index (χ1v) is 7.87. The van der Waals surface area contributed by atoms with Crippen molar-refractivity contribution < 1.29 is 9.47 Å². The molecule has 2 atom stereocenters. The van der Waals surface area contributed by atoms with Crippen molar-refractivity contribution in [2.75, 3.05) is 20.2 Å². The summed E-state index contributed by atoms with van der Waals surface area (Å²) in [6, 6.07) is 19.1. The zero-order chi connectivity index (χ0) is 15.0. The summed E-state index contributed by atoms with van der Waals surface area (Å²) in [4.78, 5) is 2.48. The Hall–Kier alpha value is -1.68. The summed E-state index contributed by atoms with van der Waals surface area (Å²) in [5.41, 5.74) is 3.64. The molecule has 2 heterocycles. The number of hydrogen-bond acceptors (Lipinski definition) is 3. The van der Waals surface area contributed by atoms with Gasteiger partial charge in [0, 0.05) is 32.3 Å². The Morgan fingerprint density at radius 1 is 1.14 bits per heavy atom. The normalized spacial score (nSPS) is 27.4. The molecule has 0 aromatic heterocycles. The second kappa shape index (κ2) is 5.51. The molecule has 2 aromatic carbocycles. The molecule has 0 saturated carbocycles. The molecule has 1 fully saturated rings. The van der Waals surface area contributed by atoms with Gasteiger partial charge in [0.05, 0.1) is 0 Å². The predicted molar refractivity (Wildman–Crippen MR) is 85.3 cm³/mol. The maximum absolute atomic E-state index is 6.33. The fourth-order valence-electron chi connectivity index (χ4n) is 3.78. The fraction of sp³-hybridized carbons (Fsp3) is 0.368. The fourth-order valence-corrected chi connectivity index (χ4v) is 3.78. The van der Waals surface area contributed by atoms with Crippen LogP contribution < -0.4 is 0 Å². The number of methoxy groups -OCH3 is 1. The van der Waals surface area contributed by atoms with Crippen molar-refractivity contribution in [3.63, 3.8) is 0 Å². The van der Waals surface area contributed by atoms with Gasteiger partial charge in [0.25, 0.3) is 0 Å². The average Bonchev–Trinajstić information content (AvgIpc) is 3.11. The van der Waals surface area contributed by atoms with Crippen molar-refractivity contribution in [2.45, 2.75) is 24.9 Å². The van der Waals surface area contributed by atoms with E-state index in [1.165, 1.54) is 16.7 Å². The molecule has 0 radical (unpaired) electrons. The molecular formula is C19H21NO2. The van der Waals surface area contributed by atoms with Crippen LogP contribution in [0.1, 0.15) is 29.4 Å². The van der Waals surface area contributed by atoms with Gasteiger partial charge in [-0.2, -0.15) is 0 Å². The van der Waals surface area contributed by atoms with E-state index < -0.39 is 0 Å². The minimum absolute atomic E-state index is 0.202. The van der Waals surface area contributed by atoms with Crippen molar-refractivity contribution in [1.29, 1.82) is 0 Å². The molecule has 2 aliphatic rings. The zero-order valence-corrected chi connectivity index (χ0v) is 12.9. The summed E-state index contributed by atoms with van der Waals surface area (Å²) < 4.78 is 11.9. The Morgan fingerprint density at radius 2 is 1.91 bits per heavy atom. The molecule has 0 aliphatic carbocycles. The lowest BCUT2D eigenvalue weighted by molar-refractivity contribution is -0.183. The smallest absolute Gasteiger partial charge is 0.184 e. The lowest BCUT2D eigenvalue weighted by Gasteiger charge is -2.25. The Balaban J connectivity index is 1.57. The number of ether oxygens (including phenoxy) is 2. The van der Waals surface area contributed by atoms with Crippen LogP contribution in [0.15, 0.2) is 54.6 Å². The Morgan fingerprint density at radius 3 is 2.73 bits per heavy atom. The summed E-state index contributed by atoms with van der Waals surface area (Å²) in [6.45, 7) is 2.96. The summed E-state index contributed by atoms with van der Waals surface area (Å²) in [6.07, 6.45) is 0.796. The molecule has 0 N–H and O–H groups in total. The molecular weight excluding hydrogens is 274 g/mol. The van der Waals surface area contributed by atoms with Crippen molar-refractivity contribution in [2.24, 2.45) is 0 Å². The summed E-state index contributed by atoms with van der Waals surface area (Å²) in [5, 5.41) is 0. The minimum atomic E-state index is -0.229. The first-order chi connectivity index (χ1) is 10.8. The standard InChI is InChI=1S/C19H21NO2/c1-21-18-16-9-5-6-10-17(16)19(22-18)11-12-20(14-19)13-15-7-3-2-4-8-15/h2-10,18H,11-14H2,1H3/t18-,19+/m0/s1. The Bertz CT molecular complexity index is 657. The van der Waals surface area contributed by atoms with Crippen LogP contribution >= 0.6 is 0 Å². The third-order valence-corrected chi connectivity index (χ3v) is 4.81. The zero-order valence-electron chi connectivity index (χ0n) is 12.9. The van der Waals surface area contributed by atoms with E-state index in [2.05, 4.69) is 59.5 Å². The van der Waals surface area contributed by atoms with Gasteiger partial charge in [0.1, 0.15) is 5.60 Å². The highest BCUT2D eigenvalue weighted by atomic mass is 16.7. The third-order valence-electron chi connectivity index (χ3n) is 4.81. The van der Waals surface area contributed by atoms with Crippen LogP contribution in [0.25, 0.3) is 0 Å². The molecule has 4 rings (SSSR count). The number of nitrogens with zero attached hydrogens (tertiary/aromatic N) is 1. The Labute approximate surface area is 131 Å². The first-order valence-electron chi connectivity index (χ1n) is 7.87. The second-order valence-electron chi connectivity index (χ2n) is 6.21. The van der Waals surface area contributed by atoms with Crippen molar-refractivity contribution in [1.82, 2.24) is 4.90 Å². The van der Waals surface area contributed by atoms with Crippen LogP contribution in [0.4, 0.5) is 0 Å². The largest absolute Gasteiger partial charge is 0.352 e. The molecule has 114 valence electrons. The van der Waals surface area contributed by atoms with Crippen LogP contribution in [0, 0.1) is 0 Å². The van der Waals surface area contributed by atoms with Crippen LogP contribution in [0.3, 0.4) is 0 Å². The van der Waals surface area contributed by atoms with E-state index in [-0.39, 0.29) is 11.9 Å². The molecule has 1 spiro atoms. The van der Waals surface area contributed by atoms with Gasteiger partial charge in [-0.3, -0.25) is 4.90 Å². The topological polar surface area (TPSA) is 21.7 Å². The number of benzene rings is 2. The van der Waals surface area contributed by atoms with E-state index in [9.17, 15) is 0 Å². The van der Waals surface area contributed by atoms with Crippen LogP contribution in [0.2, 0.25) is 0 Å². The van der Waals surface area contributed by atoms with Crippen molar-refractivity contribution in [3.05, 3.63) is 71.3 Å². The van der Waals surface area contributed by atoms with E-state index in [1.807, 2.05) is 0 Å². The molecule has 0 bridgehead atoms. The quantitative estimate of drug-likeness (QED) is 0.865. The molecule has 2 aliphatic heterocycles. The highest BCUT2D eigenvalue weighted by Crippen LogP contribution is 2.48. The first kappa shape index (κ1) is 13.9. The SMILES string of the molecule is CO[C@H]1O[C@@]2(CCN(Cc3ccccc3)C2)c2ccccc21. The van der Waals surface area contributed by atoms with Gasteiger partial charge >= 0.3 is 0 Å². The summed E-state index contributed by atoms with van der Waals surface area (Å²) in [7, 11) is 1.72. The average molecular weight is 295 g/mol. The van der Waals surface area contributed by atoms with Crippen LogP contribution in [0.5, 0.6) is 0 Å². The van der Waals surface area contributed by atoms with Crippen molar-refractivity contribution >= 4 is 0 Å². The molecule has 22 heavy (non-hydrogen) atoms. The van der Waals surface area contributed by atoms with E-state index in [1.54, 1.807) is 7.11 Å². The van der Waals surface area contributed by atoms with Gasteiger partial charge in [0.2, 0.25) is 0 Å². The molecule has 3 nitrogen and oxygen atoms in total. The Kier molecular flexibility index (Phi) is 3.49. The molecule has 0 amide bonds. The van der Waals surface area contributed by atoms with Crippen LogP contribution in [-0.2, 0) is 21.6 Å². The van der Waals surface area contributed by atoms with E-state index in [0.717, 1.165) is 26.1 Å². The molecule has 2 aromatic rings. The maximum atomic E-state index is 6.33. The number of rotatable bonds is 3. The molecule has 3 heteroatoms. The lowest BCUT2D eigenvalue weighted by Crippen LogP contribution is -2.30. The summed E-state index contributed by atoms with van der Waals surface area (Å²) in [5.74, 6) is 0. The summed E-state index contributed by atoms with van der Waals surface area (Å²) >= 11 is 0.